The van der Waals surface area contributed by atoms with Gasteiger partial charge in [-0.05, 0) is 39.8 Å². The van der Waals surface area contributed by atoms with E-state index >= 15 is 0 Å². The topological polar surface area (TPSA) is 74.2 Å². The van der Waals surface area contributed by atoms with Crippen LogP contribution in [0.2, 0.25) is 0 Å². The lowest BCUT2D eigenvalue weighted by Crippen LogP contribution is -2.50. The molecule has 0 aliphatic carbocycles. The summed E-state index contributed by atoms with van der Waals surface area (Å²) < 4.78 is 0. The number of benzene rings is 1. The van der Waals surface area contributed by atoms with E-state index in [2.05, 4.69) is 10.1 Å². The molecule has 0 N–H and O–H groups in total. The third-order valence-electron chi connectivity index (χ3n) is 3.38. The first-order valence-corrected chi connectivity index (χ1v) is 7.12. The number of carbonyl (C=O) groups excluding carboxylic acids is 1. The molecule has 0 fully saturated rings. The number of halogens is 1. The smallest absolute Gasteiger partial charge is 0.311 e. The van der Waals surface area contributed by atoms with E-state index in [0.29, 0.717) is 5.56 Å². The Hall–Kier alpha value is -1.76. The maximum atomic E-state index is 12.2. The van der Waals surface area contributed by atoms with Crippen LogP contribution in [-0.4, -0.2) is 33.1 Å². The second-order valence-electron chi connectivity index (χ2n) is 5.94. The molecule has 1 heterocycles. The van der Waals surface area contributed by atoms with Crippen molar-refractivity contribution in [3.05, 3.63) is 35.9 Å². The van der Waals surface area contributed by atoms with Crippen molar-refractivity contribution in [2.75, 3.05) is 0 Å². The predicted molar refractivity (Wildman–Crippen MR) is 83.3 cm³/mol. The number of hydroxylamine groups is 2. The molecule has 0 bridgehead atoms. The Morgan fingerprint density at radius 1 is 1.23 bits per heavy atom. The van der Waals surface area contributed by atoms with Gasteiger partial charge >= 0.3 is 5.97 Å². The lowest BCUT2D eigenvalue weighted by molar-refractivity contribution is -0.240. The number of nitrogens with zero attached hydrogens (tertiary/aromatic N) is 3. The van der Waals surface area contributed by atoms with Gasteiger partial charge in [-0.15, -0.1) is 10.3 Å². The van der Waals surface area contributed by atoms with Gasteiger partial charge in [-0.1, -0.05) is 35.0 Å². The molecule has 1 radical (unpaired) electrons. The highest BCUT2D eigenvalue weighted by Crippen LogP contribution is 2.34. The van der Waals surface area contributed by atoms with Crippen LogP contribution in [0.15, 0.2) is 40.5 Å². The van der Waals surface area contributed by atoms with Crippen LogP contribution >= 0.6 is 11.6 Å². The molecular formula is C15H17ClN3O3. The van der Waals surface area contributed by atoms with Gasteiger partial charge in [0.2, 0.25) is 0 Å². The SMILES string of the molecule is CC1(C)N=C(/C(Cl)=N\OC(=O)c2ccccc2)C(C)(C)N1[O]. The molecule has 0 saturated carbocycles. The maximum absolute atomic E-state index is 12.2. The van der Waals surface area contributed by atoms with E-state index in [4.69, 9.17) is 16.4 Å². The van der Waals surface area contributed by atoms with Gasteiger partial charge in [0.25, 0.3) is 0 Å². The van der Waals surface area contributed by atoms with E-state index < -0.39 is 17.2 Å². The van der Waals surface area contributed by atoms with Gasteiger partial charge in [0.1, 0.15) is 11.4 Å². The van der Waals surface area contributed by atoms with Gasteiger partial charge in [0.05, 0.1) is 11.1 Å². The van der Waals surface area contributed by atoms with Crippen LogP contribution in [0.4, 0.5) is 0 Å². The van der Waals surface area contributed by atoms with Crippen LogP contribution < -0.4 is 0 Å². The Morgan fingerprint density at radius 2 is 1.82 bits per heavy atom. The molecule has 1 aromatic rings. The monoisotopic (exact) mass is 322 g/mol. The normalized spacial score (nSPS) is 20.6. The number of oxime groups is 1. The maximum Gasteiger partial charge on any atom is 0.365 e. The number of aliphatic imine (C=N–C) groups is 1. The summed E-state index contributed by atoms with van der Waals surface area (Å²) in [6, 6.07) is 8.41. The van der Waals surface area contributed by atoms with Crippen molar-refractivity contribution in [1.82, 2.24) is 5.06 Å². The first-order valence-electron chi connectivity index (χ1n) is 6.74. The van der Waals surface area contributed by atoms with Crippen molar-refractivity contribution in [3.8, 4) is 0 Å². The van der Waals surface area contributed by atoms with Gasteiger partial charge in [-0.2, -0.15) is 0 Å². The van der Waals surface area contributed by atoms with Gasteiger partial charge in [-0.25, -0.2) is 4.79 Å². The summed E-state index contributed by atoms with van der Waals surface area (Å²) >= 11 is 6.07. The second-order valence-corrected chi connectivity index (χ2v) is 6.29. The van der Waals surface area contributed by atoms with Crippen molar-refractivity contribution in [2.45, 2.75) is 38.9 Å². The molecule has 0 aromatic heterocycles. The van der Waals surface area contributed by atoms with Crippen molar-refractivity contribution < 1.29 is 14.8 Å². The van der Waals surface area contributed by atoms with E-state index in [1.54, 1.807) is 58.0 Å². The van der Waals surface area contributed by atoms with E-state index in [0.717, 1.165) is 5.06 Å². The summed E-state index contributed by atoms with van der Waals surface area (Å²) in [5, 5.41) is 16.5. The lowest BCUT2D eigenvalue weighted by Gasteiger charge is -2.30. The minimum Gasteiger partial charge on any atom is -0.311 e. The highest BCUT2D eigenvalue weighted by atomic mass is 35.5. The molecule has 7 heteroatoms. The molecule has 1 aromatic carbocycles. The molecular weight excluding hydrogens is 306 g/mol. The highest BCUT2D eigenvalue weighted by Gasteiger charge is 2.50. The average Bonchev–Trinajstić information content (AvgIpc) is 2.65. The number of rotatable bonds is 3. The minimum atomic E-state index is -0.955. The van der Waals surface area contributed by atoms with E-state index in [9.17, 15) is 10.0 Å². The zero-order valence-electron chi connectivity index (χ0n) is 12.8. The lowest BCUT2D eigenvalue weighted by atomic mass is 9.99. The molecule has 1 aliphatic rings. The van der Waals surface area contributed by atoms with Crippen LogP contribution in [0.1, 0.15) is 38.1 Å². The number of hydrogen-bond donors (Lipinski definition) is 0. The van der Waals surface area contributed by atoms with E-state index in [-0.39, 0.29) is 10.9 Å². The Labute approximate surface area is 134 Å². The first kappa shape index (κ1) is 16.6. The average molecular weight is 323 g/mol. The summed E-state index contributed by atoms with van der Waals surface area (Å²) in [4.78, 5) is 20.9. The largest absolute Gasteiger partial charge is 0.365 e. The van der Waals surface area contributed by atoms with Crippen molar-refractivity contribution in [3.63, 3.8) is 0 Å². The summed E-state index contributed by atoms with van der Waals surface area (Å²) in [6.45, 7) is 6.72. The van der Waals surface area contributed by atoms with Crippen LogP contribution in [0.5, 0.6) is 0 Å². The van der Waals surface area contributed by atoms with Crippen LogP contribution in [-0.2, 0) is 10.0 Å². The number of carbonyl (C=O) groups is 1. The molecule has 117 valence electrons. The zero-order valence-corrected chi connectivity index (χ0v) is 13.6. The Balaban J connectivity index is 2.18. The Kier molecular flexibility index (Phi) is 4.37. The fraction of sp³-hybridized carbons (Fsp3) is 0.400. The molecule has 0 spiro atoms. The molecule has 0 saturated heterocycles. The fourth-order valence-corrected chi connectivity index (χ4v) is 2.59. The van der Waals surface area contributed by atoms with Gasteiger partial charge in [-0.3, -0.25) is 4.99 Å². The quantitative estimate of drug-likeness (QED) is 0.487. The summed E-state index contributed by atoms with van der Waals surface area (Å²) in [5.74, 6) is -0.631. The van der Waals surface area contributed by atoms with Gasteiger partial charge in [0.15, 0.2) is 5.17 Å². The first-order chi connectivity index (χ1) is 10.2. The van der Waals surface area contributed by atoms with Gasteiger partial charge in [0, 0.05) is 0 Å². The van der Waals surface area contributed by atoms with E-state index in [1.165, 1.54) is 0 Å². The minimum absolute atomic E-state index is 0.110. The van der Waals surface area contributed by atoms with Crippen LogP contribution in [0.3, 0.4) is 0 Å². The molecule has 1 aliphatic heterocycles. The van der Waals surface area contributed by atoms with Crippen LogP contribution in [0.25, 0.3) is 0 Å². The molecule has 0 amide bonds. The number of hydrogen-bond acceptors (Lipinski definition) is 5. The molecule has 22 heavy (non-hydrogen) atoms. The standard InChI is InChI=1S/C15H17ClN3O3/c1-14(2)11(17-15(3,4)19(14)21)12(16)18-22-13(20)10-8-6-5-7-9-10/h5-9H,1-4H3/b18-12+. The predicted octanol–water partition coefficient (Wildman–Crippen LogP) is 3.01. The Bertz CT molecular complexity index is 639. The molecule has 0 unspecified atom stereocenters. The van der Waals surface area contributed by atoms with Gasteiger partial charge < -0.3 is 4.84 Å². The fourth-order valence-electron chi connectivity index (χ4n) is 2.29. The van der Waals surface area contributed by atoms with Crippen molar-refractivity contribution in [1.29, 1.82) is 0 Å². The molecule has 2 rings (SSSR count). The third kappa shape index (κ3) is 3.04. The third-order valence-corrected chi connectivity index (χ3v) is 3.63. The summed E-state index contributed by atoms with van der Waals surface area (Å²) in [7, 11) is 0. The molecule has 6 nitrogen and oxygen atoms in total. The summed E-state index contributed by atoms with van der Waals surface area (Å²) in [6.07, 6.45) is 0. The van der Waals surface area contributed by atoms with E-state index in [1.807, 2.05) is 0 Å². The Morgan fingerprint density at radius 3 is 2.32 bits per heavy atom. The van der Waals surface area contributed by atoms with Crippen molar-refractivity contribution >= 4 is 28.5 Å². The summed E-state index contributed by atoms with van der Waals surface area (Å²) in [5.41, 5.74) is -1.26. The molecule has 0 atom stereocenters. The zero-order chi connectivity index (χ0) is 16.5. The second kappa shape index (κ2) is 5.79. The van der Waals surface area contributed by atoms with Crippen molar-refractivity contribution in [2.24, 2.45) is 10.1 Å². The van der Waals surface area contributed by atoms with Crippen LogP contribution in [0, 0.1) is 0 Å². The highest BCUT2D eigenvalue weighted by molar-refractivity contribution is 6.84.